The van der Waals surface area contributed by atoms with Crippen LogP contribution in [0, 0.1) is 16.7 Å². The molecule has 0 saturated heterocycles. The van der Waals surface area contributed by atoms with E-state index in [0.29, 0.717) is 29.7 Å². The van der Waals surface area contributed by atoms with E-state index in [4.69, 9.17) is 5.73 Å². The van der Waals surface area contributed by atoms with E-state index in [9.17, 15) is 14.9 Å². The number of benzene rings is 1. The maximum atomic E-state index is 13.1. The molecule has 136 valence electrons. The number of allylic oxidation sites excluding steroid dienone is 2. The van der Waals surface area contributed by atoms with Crippen molar-refractivity contribution in [2.45, 2.75) is 32.6 Å². The molecule has 0 saturated carbocycles. The molecule has 0 radical (unpaired) electrons. The van der Waals surface area contributed by atoms with Crippen LogP contribution in [-0.4, -0.2) is 10.8 Å². The van der Waals surface area contributed by atoms with Gasteiger partial charge in [0.05, 0.1) is 5.69 Å². The van der Waals surface area contributed by atoms with Crippen molar-refractivity contribution in [3.63, 3.8) is 0 Å². The van der Waals surface area contributed by atoms with Crippen molar-refractivity contribution >= 4 is 17.3 Å². The first-order chi connectivity index (χ1) is 12.8. The molecule has 6 nitrogen and oxygen atoms in total. The number of nitrogens with two attached hydrogens (primary N) is 1. The highest BCUT2D eigenvalue weighted by molar-refractivity contribution is 6.02. The number of nitriles is 1. The number of anilines is 2. The Hall–Kier alpha value is -3.33. The second-order valence-electron chi connectivity index (χ2n) is 7.95. The summed E-state index contributed by atoms with van der Waals surface area (Å²) in [4.78, 5) is 27.9. The molecule has 1 aliphatic carbocycles. The van der Waals surface area contributed by atoms with E-state index in [0.717, 1.165) is 11.3 Å². The van der Waals surface area contributed by atoms with Gasteiger partial charge >= 0.3 is 0 Å². The molecule has 2 aromatic rings. The number of rotatable bonds is 1. The highest BCUT2D eigenvalue weighted by atomic mass is 16.1. The van der Waals surface area contributed by atoms with Crippen molar-refractivity contribution in [3.05, 3.63) is 68.6 Å². The Bertz CT molecular complexity index is 1090. The van der Waals surface area contributed by atoms with Crippen molar-refractivity contribution in [1.82, 2.24) is 4.98 Å². The number of carbonyl (C=O) groups excluding carboxylic acids is 1. The topological polar surface area (TPSA) is 112 Å². The fraction of sp³-hybridized carbons (Fsp3) is 0.286. The summed E-state index contributed by atoms with van der Waals surface area (Å²) < 4.78 is 0. The number of pyridine rings is 1. The van der Waals surface area contributed by atoms with Crippen molar-refractivity contribution in [1.29, 1.82) is 5.26 Å². The molecule has 0 unspecified atom stereocenters. The normalized spacial score (nSPS) is 20.3. The molecular weight excluding hydrogens is 340 g/mol. The van der Waals surface area contributed by atoms with Crippen LogP contribution in [0.15, 0.2) is 46.4 Å². The van der Waals surface area contributed by atoms with Gasteiger partial charge in [-0.15, -0.1) is 0 Å². The lowest BCUT2D eigenvalue weighted by atomic mass is 9.68. The van der Waals surface area contributed by atoms with Crippen molar-refractivity contribution in [2.75, 3.05) is 11.1 Å². The summed E-state index contributed by atoms with van der Waals surface area (Å²) in [5.74, 6) is -0.165. The number of Topliss-reactive ketones (excluding diaryl/α,β-unsaturated/α-hetero) is 1. The fourth-order valence-corrected chi connectivity index (χ4v) is 4.23. The maximum absolute atomic E-state index is 13.1. The van der Waals surface area contributed by atoms with E-state index in [1.165, 1.54) is 0 Å². The van der Waals surface area contributed by atoms with Crippen molar-refractivity contribution in [3.8, 4) is 6.07 Å². The van der Waals surface area contributed by atoms with Gasteiger partial charge in [0, 0.05) is 29.2 Å². The summed E-state index contributed by atoms with van der Waals surface area (Å²) in [6.07, 6.45) is 1.11. The molecule has 6 heteroatoms. The summed E-state index contributed by atoms with van der Waals surface area (Å²) in [7, 11) is 0. The second-order valence-corrected chi connectivity index (χ2v) is 7.95. The molecule has 1 aliphatic heterocycles. The van der Waals surface area contributed by atoms with Crippen LogP contribution in [0.25, 0.3) is 0 Å². The smallest absolute Gasteiger partial charge is 0.269 e. The first-order valence-electron chi connectivity index (χ1n) is 8.86. The number of hydrogen-bond acceptors (Lipinski definition) is 5. The largest absolute Gasteiger partial charge is 0.385 e. The van der Waals surface area contributed by atoms with Gasteiger partial charge in [-0.3, -0.25) is 9.59 Å². The Morgan fingerprint density at radius 3 is 2.56 bits per heavy atom. The molecule has 4 N–H and O–H groups in total. The van der Waals surface area contributed by atoms with Gasteiger partial charge in [-0.2, -0.15) is 5.26 Å². The molecule has 0 spiro atoms. The summed E-state index contributed by atoms with van der Waals surface area (Å²) >= 11 is 0. The number of nitrogen functional groups attached to an aromatic ring is 1. The predicted molar refractivity (Wildman–Crippen MR) is 103 cm³/mol. The molecule has 27 heavy (non-hydrogen) atoms. The van der Waals surface area contributed by atoms with Gasteiger partial charge in [-0.1, -0.05) is 44.2 Å². The summed E-state index contributed by atoms with van der Waals surface area (Å²) in [5, 5.41) is 12.8. The van der Waals surface area contributed by atoms with Gasteiger partial charge in [0.25, 0.3) is 5.56 Å². The van der Waals surface area contributed by atoms with E-state index >= 15 is 0 Å². The molecule has 0 amide bonds. The predicted octanol–water partition coefficient (Wildman–Crippen LogP) is 3.03. The number of aromatic amines is 1. The molecule has 1 atom stereocenters. The third kappa shape index (κ3) is 2.63. The van der Waals surface area contributed by atoms with Crippen molar-refractivity contribution in [2.24, 2.45) is 5.41 Å². The number of nitrogens with zero attached hydrogens (tertiary/aromatic N) is 1. The van der Waals surface area contributed by atoms with Crippen LogP contribution in [0.4, 0.5) is 11.5 Å². The van der Waals surface area contributed by atoms with E-state index < -0.39 is 11.5 Å². The average Bonchev–Trinajstić information content (AvgIpc) is 2.60. The monoisotopic (exact) mass is 360 g/mol. The molecule has 2 heterocycles. The van der Waals surface area contributed by atoms with Crippen LogP contribution < -0.4 is 16.6 Å². The Morgan fingerprint density at radius 1 is 1.19 bits per heavy atom. The van der Waals surface area contributed by atoms with Gasteiger partial charge < -0.3 is 16.0 Å². The van der Waals surface area contributed by atoms with Gasteiger partial charge in [0.1, 0.15) is 17.5 Å². The van der Waals surface area contributed by atoms with E-state index in [-0.39, 0.29) is 22.6 Å². The summed E-state index contributed by atoms with van der Waals surface area (Å²) in [6, 6.07) is 11.6. The summed E-state index contributed by atoms with van der Waals surface area (Å²) in [6.45, 7) is 4.08. The number of nitrogens with one attached hydrogen (secondary N) is 2. The SMILES string of the molecule is CC1(C)CC(=O)C2=C(C1)Nc1c(c(N)[nH]c(=O)c1C#N)[C@@H]2c1ccccc1. The van der Waals surface area contributed by atoms with Gasteiger partial charge in [-0.05, 0) is 17.4 Å². The number of ketones is 1. The lowest BCUT2D eigenvalue weighted by Gasteiger charge is -2.39. The summed E-state index contributed by atoms with van der Waals surface area (Å²) in [5.41, 5.74) is 8.80. The molecule has 0 bridgehead atoms. The third-order valence-corrected chi connectivity index (χ3v) is 5.30. The molecule has 4 rings (SSSR count). The van der Waals surface area contributed by atoms with E-state index in [1.54, 1.807) is 0 Å². The molecular formula is C21H20N4O2. The molecule has 1 aromatic carbocycles. The number of carbonyl (C=O) groups is 1. The Labute approximate surface area is 156 Å². The quantitative estimate of drug-likeness (QED) is 0.724. The second kappa shape index (κ2) is 5.85. The first-order valence-corrected chi connectivity index (χ1v) is 8.86. The molecule has 0 fully saturated rings. The van der Waals surface area contributed by atoms with Crippen LogP contribution in [0.5, 0.6) is 0 Å². The molecule has 2 aliphatic rings. The van der Waals surface area contributed by atoms with Crippen LogP contribution in [0.2, 0.25) is 0 Å². The Kier molecular flexibility index (Phi) is 3.70. The van der Waals surface area contributed by atoms with Crippen LogP contribution >= 0.6 is 0 Å². The maximum Gasteiger partial charge on any atom is 0.269 e. The lowest BCUT2D eigenvalue weighted by Crippen LogP contribution is -2.35. The average molecular weight is 360 g/mol. The fourth-order valence-electron chi connectivity index (χ4n) is 4.23. The minimum absolute atomic E-state index is 0.0116. The lowest BCUT2D eigenvalue weighted by molar-refractivity contribution is -0.118. The number of fused-ring (bicyclic) bond motifs is 1. The van der Waals surface area contributed by atoms with Crippen LogP contribution in [0.3, 0.4) is 0 Å². The number of H-pyrrole nitrogens is 1. The zero-order chi connectivity index (χ0) is 19.3. The van der Waals surface area contributed by atoms with Crippen LogP contribution in [0.1, 0.15) is 49.3 Å². The van der Waals surface area contributed by atoms with Gasteiger partial charge in [0.2, 0.25) is 0 Å². The van der Waals surface area contributed by atoms with Crippen molar-refractivity contribution < 1.29 is 4.79 Å². The number of hydrogen-bond donors (Lipinski definition) is 3. The Morgan fingerprint density at radius 2 is 1.89 bits per heavy atom. The Balaban J connectivity index is 2.06. The standard InChI is InChI=1S/C21H20N4O2/c1-21(2)8-13-16(14(26)9-21)15(11-6-4-3-5-7-11)17-18(24-13)12(10-22)20(27)25-19(17)23/h3-7,15,24H,8-9H2,1-2H3,(H3,23,25,27)/t15-/m1/s1. The minimum atomic E-state index is -0.529. The highest BCUT2D eigenvalue weighted by Gasteiger charge is 2.42. The third-order valence-electron chi connectivity index (χ3n) is 5.30. The van der Waals surface area contributed by atoms with Gasteiger partial charge in [0.15, 0.2) is 5.78 Å². The van der Waals surface area contributed by atoms with E-state index in [2.05, 4.69) is 10.3 Å². The number of aromatic nitrogens is 1. The van der Waals surface area contributed by atoms with Gasteiger partial charge in [-0.25, -0.2) is 0 Å². The zero-order valence-electron chi connectivity index (χ0n) is 15.2. The van der Waals surface area contributed by atoms with Crippen LogP contribution in [-0.2, 0) is 4.79 Å². The zero-order valence-corrected chi connectivity index (χ0v) is 15.2. The molecule has 1 aromatic heterocycles. The first kappa shape index (κ1) is 17.1. The van der Waals surface area contributed by atoms with E-state index in [1.807, 2.05) is 50.2 Å². The minimum Gasteiger partial charge on any atom is -0.385 e. The highest BCUT2D eigenvalue weighted by Crippen LogP contribution is 2.50.